The second-order valence-corrected chi connectivity index (χ2v) is 12.8. The Kier molecular flexibility index (Phi) is 15.3. The van der Waals surface area contributed by atoms with Gasteiger partial charge in [0.1, 0.15) is 25.9 Å². The lowest BCUT2D eigenvalue weighted by Gasteiger charge is -2.44. The molecule has 15 nitrogen and oxygen atoms in total. The number of hydrogen-bond donors (Lipinski definition) is 3. The molecule has 0 aliphatic carbocycles. The molecule has 296 valence electrons. The largest absolute Gasteiger partial charge is 0.467 e. The summed E-state index contributed by atoms with van der Waals surface area (Å²) in [5.41, 5.74) is 2.91. The summed E-state index contributed by atoms with van der Waals surface area (Å²) in [5, 5.41) is 7.36. The molecule has 1 fully saturated rings. The molecule has 3 N–H and O–H groups in total. The van der Waals surface area contributed by atoms with Gasteiger partial charge >= 0.3 is 30.2 Å². The molecule has 0 radical (unpaired) electrons. The zero-order valence-electron chi connectivity index (χ0n) is 31.2. The van der Waals surface area contributed by atoms with Crippen LogP contribution in [0, 0.1) is 5.92 Å². The number of imide groups is 1. The number of carbonyl (C=O) groups is 6. The van der Waals surface area contributed by atoms with Crippen LogP contribution in [0.3, 0.4) is 0 Å². The van der Waals surface area contributed by atoms with E-state index in [0.29, 0.717) is 5.56 Å². The number of nitrogens with zero attached hydrogens (tertiary/aromatic N) is 2. The van der Waals surface area contributed by atoms with Crippen molar-refractivity contribution in [2.24, 2.45) is 10.9 Å². The third-order valence-corrected chi connectivity index (χ3v) is 8.77. The van der Waals surface area contributed by atoms with Gasteiger partial charge in [0.25, 0.3) is 0 Å². The van der Waals surface area contributed by atoms with Crippen LogP contribution in [-0.4, -0.2) is 72.7 Å². The summed E-state index contributed by atoms with van der Waals surface area (Å²) in [6, 6.07) is 32.4. The van der Waals surface area contributed by atoms with Gasteiger partial charge in [0.15, 0.2) is 6.04 Å². The topological polar surface area (TPSA) is 191 Å². The normalized spacial score (nSPS) is 14.8. The molecule has 0 bridgehead atoms. The van der Waals surface area contributed by atoms with E-state index in [4.69, 9.17) is 18.9 Å². The Balaban J connectivity index is 1.25. The third-order valence-electron chi connectivity index (χ3n) is 8.77. The van der Waals surface area contributed by atoms with E-state index in [2.05, 4.69) is 20.9 Å². The number of likely N-dealkylation sites (tertiary alicyclic amines) is 1. The van der Waals surface area contributed by atoms with E-state index in [-0.39, 0.29) is 51.6 Å². The second kappa shape index (κ2) is 21.2. The Morgan fingerprint density at radius 2 is 1.12 bits per heavy atom. The van der Waals surface area contributed by atoms with Gasteiger partial charge < -0.3 is 24.3 Å². The van der Waals surface area contributed by atoms with Crippen LogP contribution in [0.2, 0.25) is 0 Å². The van der Waals surface area contributed by atoms with E-state index in [1.165, 1.54) is 7.11 Å². The lowest BCUT2D eigenvalue weighted by Crippen LogP contribution is -2.69. The van der Waals surface area contributed by atoms with Crippen LogP contribution in [0.4, 0.5) is 14.4 Å². The van der Waals surface area contributed by atoms with Crippen LogP contribution in [0.1, 0.15) is 35.1 Å². The number of alkyl carbamates (subject to hydrolysis) is 2. The molecule has 3 atom stereocenters. The molecular weight excluding hydrogens is 734 g/mol. The van der Waals surface area contributed by atoms with Crippen LogP contribution in [0.15, 0.2) is 126 Å². The average molecular weight is 778 g/mol. The first kappa shape index (κ1) is 41.1. The van der Waals surface area contributed by atoms with Crippen LogP contribution < -0.4 is 16.0 Å². The van der Waals surface area contributed by atoms with Crippen molar-refractivity contribution in [3.63, 3.8) is 0 Å². The van der Waals surface area contributed by atoms with Gasteiger partial charge in [0.05, 0.1) is 13.0 Å². The number of urea groups is 1. The van der Waals surface area contributed by atoms with Gasteiger partial charge in [-0.3, -0.25) is 20.4 Å². The molecule has 1 heterocycles. The van der Waals surface area contributed by atoms with Crippen molar-refractivity contribution < 1.29 is 47.7 Å². The van der Waals surface area contributed by atoms with E-state index in [9.17, 15) is 28.8 Å². The van der Waals surface area contributed by atoms with Gasteiger partial charge in [-0.15, -0.1) is 0 Å². The number of ether oxygens (including phenoxy) is 4. The minimum Gasteiger partial charge on any atom is -0.467 e. The van der Waals surface area contributed by atoms with Crippen molar-refractivity contribution in [1.82, 2.24) is 20.9 Å². The van der Waals surface area contributed by atoms with E-state index in [0.717, 1.165) is 21.6 Å². The highest BCUT2D eigenvalue weighted by Crippen LogP contribution is 2.32. The molecule has 5 rings (SSSR count). The van der Waals surface area contributed by atoms with Crippen LogP contribution in [-0.2, 0) is 59.6 Å². The summed E-state index contributed by atoms with van der Waals surface area (Å²) in [6.45, 7) is -0.213. The quantitative estimate of drug-likeness (QED) is 0.0368. The first-order chi connectivity index (χ1) is 27.7. The maximum absolute atomic E-state index is 13.6. The first-order valence-corrected chi connectivity index (χ1v) is 18.2. The van der Waals surface area contributed by atoms with Gasteiger partial charge in [0, 0.05) is 13.0 Å². The summed E-state index contributed by atoms with van der Waals surface area (Å²) in [7, 11) is 1.18. The number of esters is 2. The molecule has 3 unspecified atom stereocenters. The molecule has 1 aliphatic heterocycles. The molecule has 0 aromatic heterocycles. The van der Waals surface area contributed by atoms with Gasteiger partial charge in [0.2, 0.25) is 11.9 Å². The summed E-state index contributed by atoms with van der Waals surface area (Å²) in [4.78, 5) is 83.6. The standard InChI is InChI=1S/C42H43N5O10/c1-54-37(49)34(25-29-15-6-2-7-16-29)44-40(51)47-35(38(50)55-26-30-17-8-3-9-18-30)33(36(47)48)23-14-24-43-39(45-41(52)56-27-31-19-10-4-11-20-31)46-42(53)57-28-32-21-12-5-13-22-32/h2-13,15-22,33-35H,14,23-28H2,1H3,(H,44,51)(H2,43,45,46,52,53). The van der Waals surface area contributed by atoms with Crippen molar-refractivity contribution in [2.45, 2.75) is 51.2 Å². The van der Waals surface area contributed by atoms with Gasteiger partial charge in [-0.2, -0.15) is 0 Å². The van der Waals surface area contributed by atoms with Gasteiger partial charge in [-0.1, -0.05) is 121 Å². The summed E-state index contributed by atoms with van der Waals surface area (Å²) in [6.07, 6.45) is -1.45. The summed E-state index contributed by atoms with van der Waals surface area (Å²) >= 11 is 0. The number of aliphatic imine (C=N–C) groups is 1. The van der Waals surface area contributed by atoms with Gasteiger partial charge in [-0.25, -0.2) is 28.9 Å². The van der Waals surface area contributed by atoms with Crippen molar-refractivity contribution in [1.29, 1.82) is 0 Å². The van der Waals surface area contributed by atoms with Crippen LogP contribution in [0.5, 0.6) is 0 Å². The fourth-order valence-electron chi connectivity index (χ4n) is 5.87. The smallest absolute Gasteiger partial charge is 0.414 e. The maximum atomic E-state index is 13.6. The zero-order chi connectivity index (χ0) is 40.4. The Labute approximate surface area is 329 Å². The molecule has 15 heteroatoms. The highest BCUT2D eigenvalue weighted by Gasteiger charge is 2.55. The van der Waals surface area contributed by atoms with Crippen LogP contribution in [0.25, 0.3) is 0 Å². The van der Waals surface area contributed by atoms with E-state index in [1.54, 1.807) is 103 Å². The highest BCUT2D eigenvalue weighted by molar-refractivity contribution is 6.08. The number of rotatable bonds is 15. The number of amides is 5. The Morgan fingerprint density at radius 1 is 0.667 bits per heavy atom. The van der Waals surface area contributed by atoms with Crippen molar-refractivity contribution in [3.05, 3.63) is 144 Å². The minimum absolute atomic E-state index is 0.0312. The average Bonchev–Trinajstić information content (AvgIpc) is 3.23. The Morgan fingerprint density at radius 3 is 1.60 bits per heavy atom. The number of benzene rings is 4. The molecule has 4 aromatic carbocycles. The van der Waals surface area contributed by atoms with Crippen molar-refractivity contribution in [3.8, 4) is 0 Å². The predicted octanol–water partition coefficient (Wildman–Crippen LogP) is 5.04. The van der Waals surface area contributed by atoms with E-state index < -0.39 is 54.1 Å². The third kappa shape index (κ3) is 12.5. The first-order valence-electron chi connectivity index (χ1n) is 18.2. The SMILES string of the molecule is COC(=O)C(Cc1ccccc1)NC(=O)N1C(=O)C(CCCN=C(NC(=O)OCc2ccccc2)NC(=O)OCc2ccccc2)C1C(=O)OCc1ccccc1. The number of methoxy groups -OCH3 is 1. The Hall–Kier alpha value is -7.03. The molecular formula is C42H43N5O10. The molecule has 57 heavy (non-hydrogen) atoms. The van der Waals surface area contributed by atoms with Gasteiger partial charge in [-0.05, 0) is 35.1 Å². The monoisotopic (exact) mass is 777 g/mol. The van der Waals surface area contributed by atoms with Crippen molar-refractivity contribution in [2.75, 3.05) is 13.7 Å². The summed E-state index contributed by atoms with van der Waals surface area (Å²) in [5.74, 6) is -3.45. The minimum atomic E-state index is -1.31. The number of hydrogen-bond acceptors (Lipinski definition) is 11. The molecule has 4 aromatic rings. The van der Waals surface area contributed by atoms with Crippen molar-refractivity contribution >= 4 is 42.0 Å². The maximum Gasteiger partial charge on any atom is 0.414 e. The van der Waals surface area contributed by atoms with E-state index in [1.807, 2.05) is 18.2 Å². The fraction of sp³-hybridized carbons (Fsp3) is 0.262. The summed E-state index contributed by atoms with van der Waals surface area (Å²) < 4.78 is 21.0. The fourth-order valence-corrected chi connectivity index (χ4v) is 5.87. The number of β-lactam (4-membered cyclic amide) rings is 1. The van der Waals surface area contributed by atoms with E-state index >= 15 is 0 Å². The Bertz CT molecular complexity index is 1940. The molecule has 1 saturated heterocycles. The number of nitrogens with one attached hydrogen (secondary N) is 3. The lowest BCUT2D eigenvalue weighted by atomic mass is 9.83. The molecule has 0 saturated carbocycles. The van der Waals surface area contributed by atoms with Crippen LogP contribution >= 0.6 is 0 Å². The lowest BCUT2D eigenvalue weighted by molar-refractivity contribution is -0.170. The predicted molar refractivity (Wildman–Crippen MR) is 206 cm³/mol. The second-order valence-electron chi connectivity index (χ2n) is 12.8. The molecule has 0 spiro atoms. The highest BCUT2D eigenvalue weighted by atomic mass is 16.6. The molecule has 5 amide bonds. The molecule has 1 aliphatic rings. The zero-order valence-corrected chi connectivity index (χ0v) is 31.2. The number of carbonyl (C=O) groups excluding carboxylic acids is 6. The number of guanidine groups is 1.